The van der Waals surface area contributed by atoms with Gasteiger partial charge in [-0.2, -0.15) is 0 Å². The van der Waals surface area contributed by atoms with Crippen LogP contribution in [0.1, 0.15) is 22.8 Å². The van der Waals surface area contributed by atoms with Crippen LogP contribution in [-0.2, 0) is 14.3 Å². The maximum Gasteiger partial charge on any atom is 0.326 e. The van der Waals surface area contributed by atoms with Crippen LogP contribution in [0.5, 0.6) is 0 Å². The van der Waals surface area contributed by atoms with Gasteiger partial charge >= 0.3 is 5.97 Å². The zero-order valence-electron chi connectivity index (χ0n) is 14.7. The van der Waals surface area contributed by atoms with Crippen LogP contribution in [0.2, 0.25) is 10.0 Å². The van der Waals surface area contributed by atoms with Gasteiger partial charge in [-0.15, -0.1) is 0 Å². The highest BCUT2D eigenvalue weighted by atomic mass is 35.5. The zero-order valence-corrected chi connectivity index (χ0v) is 16.2. The van der Waals surface area contributed by atoms with E-state index in [1.807, 2.05) is 13.0 Å². The van der Waals surface area contributed by atoms with E-state index in [-0.39, 0.29) is 17.1 Å². The molecule has 27 heavy (non-hydrogen) atoms. The van der Waals surface area contributed by atoms with Crippen molar-refractivity contribution in [3.8, 4) is 0 Å². The summed E-state index contributed by atoms with van der Waals surface area (Å²) >= 11 is 11.6. The molecule has 2 N–H and O–H groups in total. The number of amides is 2. The second kappa shape index (κ2) is 9.39. The maximum atomic E-state index is 12.1. The zero-order chi connectivity index (χ0) is 20.0. The fourth-order valence-electron chi connectivity index (χ4n) is 2.15. The van der Waals surface area contributed by atoms with Gasteiger partial charge in [-0.25, -0.2) is 0 Å². The number of hydrogen-bond acceptors (Lipinski definition) is 4. The molecule has 0 fully saturated rings. The van der Waals surface area contributed by atoms with E-state index >= 15 is 0 Å². The van der Waals surface area contributed by atoms with Crippen molar-refractivity contribution >= 4 is 46.7 Å². The van der Waals surface area contributed by atoms with Crippen LogP contribution in [-0.4, -0.2) is 30.4 Å². The highest BCUT2D eigenvalue weighted by Crippen LogP contribution is 2.22. The van der Waals surface area contributed by atoms with Gasteiger partial charge in [-0.3, -0.25) is 14.4 Å². The van der Waals surface area contributed by atoms with Crippen LogP contribution in [0.15, 0.2) is 42.5 Å². The van der Waals surface area contributed by atoms with Crippen molar-refractivity contribution in [2.45, 2.75) is 20.0 Å². The third kappa shape index (κ3) is 6.27. The highest BCUT2D eigenvalue weighted by Gasteiger charge is 2.19. The van der Waals surface area contributed by atoms with Crippen molar-refractivity contribution < 1.29 is 19.1 Å². The predicted molar refractivity (Wildman–Crippen MR) is 104 cm³/mol. The summed E-state index contributed by atoms with van der Waals surface area (Å²) in [5.41, 5.74) is 1.85. The van der Waals surface area contributed by atoms with Crippen LogP contribution >= 0.6 is 23.2 Å². The minimum atomic E-state index is -1.01. The highest BCUT2D eigenvalue weighted by molar-refractivity contribution is 6.42. The number of esters is 1. The molecule has 0 aliphatic carbocycles. The Morgan fingerprint density at radius 3 is 2.48 bits per heavy atom. The van der Waals surface area contributed by atoms with Crippen molar-refractivity contribution in [2.24, 2.45) is 0 Å². The third-order valence-corrected chi connectivity index (χ3v) is 4.28. The Labute approximate surface area is 166 Å². The predicted octanol–water partition coefficient (Wildman–Crippen LogP) is 3.60. The molecule has 142 valence electrons. The van der Waals surface area contributed by atoms with E-state index in [9.17, 15) is 14.4 Å². The Morgan fingerprint density at radius 2 is 1.81 bits per heavy atom. The van der Waals surface area contributed by atoms with Crippen LogP contribution in [0.25, 0.3) is 0 Å². The van der Waals surface area contributed by atoms with Gasteiger partial charge in [0.15, 0.2) is 6.10 Å². The van der Waals surface area contributed by atoms with Gasteiger partial charge < -0.3 is 15.4 Å². The quantitative estimate of drug-likeness (QED) is 0.714. The first-order valence-electron chi connectivity index (χ1n) is 8.06. The van der Waals surface area contributed by atoms with Crippen LogP contribution in [0.3, 0.4) is 0 Å². The number of ether oxygens (including phenoxy) is 1. The molecule has 2 rings (SSSR count). The molecule has 0 unspecified atom stereocenters. The van der Waals surface area contributed by atoms with Gasteiger partial charge in [0.25, 0.3) is 11.8 Å². The van der Waals surface area contributed by atoms with Gasteiger partial charge in [0.2, 0.25) is 0 Å². The van der Waals surface area contributed by atoms with Crippen molar-refractivity contribution in [1.29, 1.82) is 0 Å². The summed E-state index contributed by atoms with van der Waals surface area (Å²) < 4.78 is 5.03. The average Bonchev–Trinajstić information content (AvgIpc) is 2.62. The molecule has 0 saturated carbocycles. The van der Waals surface area contributed by atoms with E-state index in [0.29, 0.717) is 10.7 Å². The van der Waals surface area contributed by atoms with Crippen LogP contribution in [0, 0.1) is 6.92 Å². The lowest BCUT2D eigenvalue weighted by atomic mass is 10.2. The number of carbonyl (C=O) groups excluding carboxylic acids is 3. The molecule has 0 heterocycles. The molecule has 0 spiro atoms. The average molecular weight is 409 g/mol. The first kappa shape index (κ1) is 20.7. The molecule has 6 nitrogen and oxygen atoms in total. The van der Waals surface area contributed by atoms with Gasteiger partial charge in [0.05, 0.1) is 10.0 Å². The molecule has 1 atom stereocenters. The Kier molecular flexibility index (Phi) is 7.21. The van der Waals surface area contributed by atoms with Crippen LogP contribution < -0.4 is 10.6 Å². The summed E-state index contributed by atoms with van der Waals surface area (Å²) in [5, 5.41) is 5.61. The SMILES string of the molecule is Cc1cccc(NC(=O)[C@H](C)OC(=O)CNC(=O)c2ccc(Cl)c(Cl)c2)c1. The van der Waals surface area contributed by atoms with Crippen molar-refractivity contribution in [3.05, 3.63) is 63.6 Å². The van der Waals surface area contributed by atoms with E-state index in [1.54, 1.807) is 18.2 Å². The van der Waals surface area contributed by atoms with Gasteiger partial charge in [0, 0.05) is 11.3 Å². The minimum absolute atomic E-state index is 0.230. The van der Waals surface area contributed by atoms with Crippen molar-refractivity contribution in [1.82, 2.24) is 5.32 Å². The van der Waals surface area contributed by atoms with Gasteiger partial charge in [-0.1, -0.05) is 35.3 Å². The third-order valence-electron chi connectivity index (χ3n) is 3.54. The molecular weight excluding hydrogens is 391 g/mol. The summed E-state index contributed by atoms with van der Waals surface area (Å²) in [6.07, 6.45) is -1.01. The number of benzene rings is 2. The molecule has 2 aromatic rings. The molecule has 0 bridgehead atoms. The largest absolute Gasteiger partial charge is 0.451 e. The fourth-order valence-corrected chi connectivity index (χ4v) is 2.45. The summed E-state index contributed by atoms with van der Waals surface area (Å²) in [4.78, 5) is 35.9. The smallest absolute Gasteiger partial charge is 0.326 e. The van der Waals surface area contributed by atoms with E-state index in [1.165, 1.54) is 25.1 Å². The molecule has 8 heteroatoms. The summed E-state index contributed by atoms with van der Waals surface area (Å²) in [7, 11) is 0. The Morgan fingerprint density at radius 1 is 1.07 bits per heavy atom. The lowest BCUT2D eigenvalue weighted by Gasteiger charge is -2.14. The number of rotatable bonds is 6. The number of halogens is 2. The molecule has 0 aliphatic heterocycles. The standard InChI is InChI=1S/C19H18Cl2N2O4/c1-11-4-3-5-14(8-11)23-18(25)12(2)27-17(24)10-22-19(26)13-6-7-15(20)16(21)9-13/h3-9,12H,10H2,1-2H3,(H,22,26)(H,23,25)/t12-/m0/s1. The summed E-state index contributed by atoms with van der Waals surface area (Å²) in [6.45, 7) is 2.96. The molecule has 2 aromatic carbocycles. The molecule has 0 radical (unpaired) electrons. The van der Waals surface area contributed by atoms with Crippen LogP contribution in [0.4, 0.5) is 5.69 Å². The summed E-state index contributed by atoms with van der Waals surface area (Å²) in [6, 6.07) is 11.6. The molecule has 0 aromatic heterocycles. The number of aryl methyl sites for hydroxylation is 1. The normalized spacial score (nSPS) is 11.4. The summed E-state index contributed by atoms with van der Waals surface area (Å²) in [5.74, 6) is -1.72. The Balaban J connectivity index is 1.82. The second-order valence-corrected chi connectivity index (χ2v) is 6.62. The minimum Gasteiger partial charge on any atom is -0.451 e. The topological polar surface area (TPSA) is 84.5 Å². The maximum absolute atomic E-state index is 12.1. The Hall–Kier alpha value is -2.57. The van der Waals surface area contributed by atoms with Crippen molar-refractivity contribution in [3.63, 3.8) is 0 Å². The van der Waals surface area contributed by atoms with E-state index in [0.717, 1.165) is 5.56 Å². The number of hydrogen-bond donors (Lipinski definition) is 2. The number of carbonyl (C=O) groups is 3. The van der Waals surface area contributed by atoms with Crippen molar-refractivity contribution in [2.75, 3.05) is 11.9 Å². The van der Waals surface area contributed by atoms with Gasteiger partial charge in [-0.05, 0) is 49.7 Å². The fraction of sp³-hybridized carbons (Fsp3) is 0.211. The number of nitrogens with one attached hydrogen (secondary N) is 2. The van der Waals surface area contributed by atoms with E-state index in [2.05, 4.69) is 10.6 Å². The molecule has 0 aliphatic rings. The molecular formula is C19H18Cl2N2O4. The first-order chi connectivity index (χ1) is 12.8. The van der Waals surface area contributed by atoms with E-state index in [4.69, 9.17) is 27.9 Å². The molecule has 2 amide bonds. The monoisotopic (exact) mass is 408 g/mol. The first-order valence-corrected chi connectivity index (χ1v) is 8.82. The second-order valence-electron chi connectivity index (χ2n) is 5.80. The molecule has 0 saturated heterocycles. The van der Waals surface area contributed by atoms with E-state index < -0.39 is 23.9 Å². The Bertz CT molecular complexity index is 871. The lowest BCUT2D eigenvalue weighted by molar-refractivity contribution is -0.152. The number of anilines is 1. The lowest BCUT2D eigenvalue weighted by Crippen LogP contribution is -2.35. The van der Waals surface area contributed by atoms with Gasteiger partial charge in [0.1, 0.15) is 6.54 Å².